The zero-order valence-electron chi connectivity index (χ0n) is 19.0. The lowest BCUT2D eigenvalue weighted by molar-refractivity contribution is -0.122. The third kappa shape index (κ3) is 4.53. The molecule has 34 heavy (non-hydrogen) atoms. The maximum Gasteiger partial charge on any atom is 0.250 e. The molecule has 3 heterocycles. The number of amides is 1. The maximum atomic E-state index is 13.4. The normalized spacial score (nSPS) is 15.8. The number of anilines is 3. The lowest BCUT2D eigenvalue weighted by Crippen LogP contribution is -2.57. The van der Waals surface area contributed by atoms with Crippen LogP contribution in [0.2, 0.25) is 0 Å². The van der Waals surface area contributed by atoms with Gasteiger partial charge in [-0.3, -0.25) is 9.48 Å². The summed E-state index contributed by atoms with van der Waals surface area (Å²) in [6.07, 6.45) is 3.25. The summed E-state index contributed by atoms with van der Waals surface area (Å²) in [7, 11) is 1.68. The maximum absolute atomic E-state index is 13.4. The van der Waals surface area contributed by atoms with Crippen molar-refractivity contribution < 1.29 is 23.1 Å². The molecular weight excluding hydrogens is 451 g/mol. The van der Waals surface area contributed by atoms with Gasteiger partial charge in [0.15, 0.2) is 23.3 Å². The van der Waals surface area contributed by atoms with E-state index in [9.17, 15) is 23.1 Å². The first-order chi connectivity index (χ1) is 15.9. The summed E-state index contributed by atoms with van der Waals surface area (Å²) in [4.78, 5) is 23.0. The topological polar surface area (TPSA) is 108 Å². The van der Waals surface area contributed by atoms with E-state index in [4.69, 9.17) is 0 Å². The van der Waals surface area contributed by atoms with Crippen molar-refractivity contribution in [2.24, 2.45) is 0 Å². The summed E-state index contributed by atoms with van der Waals surface area (Å²) in [6, 6.07) is 1.03. The van der Waals surface area contributed by atoms with Crippen molar-refractivity contribution in [1.29, 1.82) is 0 Å². The second-order valence-electron chi connectivity index (χ2n) is 8.76. The largest absolute Gasteiger partial charge is 0.388 e. The number of aliphatic hydroxyl groups is 1. The summed E-state index contributed by atoms with van der Waals surface area (Å²) < 4.78 is 41.5. The predicted molar refractivity (Wildman–Crippen MR) is 119 cm³/mol. The molecule has 0 fully saturated rings. The number of likely N-dealkylation sites (N-methyl/N-ethyl adjacent to an activating group) is 1. The Balaban J connectivity index is 1.48. The molecule has 3 aromatic rings. The summed E-state index contributed by atoms with van der Waals surface area (Å²) >= 11 is 0. The molecule has 3 N–H and O–H groups in total. The minimum absolute atomic E-state index is 0.0609. The quantitative estimate of drug-likeness (QED) is 0.471. The van der Waals surface area contributed by atoms with E-state index in [2.05, 4.69) is 25.7 Å². The fourth-order valence-corrected chi connectivity index (χ4v) is 3.97. The lowest BCUT2D eigenvalue weighted by atomic mass is 9.95. The van der Waals surface area contributed by atoms with E-state index in [1.807, 2.05) is 0 Å². The zero-order chi connectivity index (χ0) is 24.8. The number of benzene rings is 1. The van der Waals surface area contributed by atoms with E-state index in [1.165, 1.54) is 4.68 Å². The highest BCUT2D eigenvalue weighted by Gasteiger charge is 2.42. The van der Waals surface area contributed by atoms with Crippen LogP contribution in [0, 0.1) is 24.4 Å². The van der Waals surface area contributed by atoms with Gasteiger partial charge in [0.2, 0.25) is 11.9 Å². The number of hydrogen-bond donors (Lipinski definition) is 3. The van der Waals surface area contributed by atoms with Gasteiger partial charge in [-0.2, -0.15) is 10.1 Å². The summed E-state index contributed by atoms with van der Waals surface area (Å²) in [6.45, 7) is 5.21. The first-order valence-corrected chi connectivity index (χ1v) is 10.5. The fourth-order valence-electron chi connectivity index (χ4n) is 3.97. The van der Waals surface area contributed by atoms with Gasteiger partial charge >= 0.3 is 0 Å². The molecule has 0 saturated heterocycles. The minimum atomic E-state index is -1.51. The summed E-state index contributed by atoms with van der Waals surface area (Å²) in [5, 5.41) is 20.4. The van der Waals surface area contributed by atoms with Gasteiger partial charge in [-0.15, -0.1) is 0 Å². The number of nitrogens with one attached hydrogen (secondary N) is 2. The Labute approximate surface area is 193 Å². The van der Waals surface area contributed by atoms with Gasteiger partial charge < -0.3 is 20.6 Å². The van der Waals surface area contributed by atoms with Crippen LogP contribution in [0.3, 0.4) is 0 Å². The van der Waals surface area contributed by atoms with E-state index in [-0.39, 0.29) is 18.0 Å². The van der Waals surface area contributed by atoms with Crippen LogP contribution in [0.25, 0.3) is 0 Å². The number of nitrogens with zero attached hydrogens (tertiary/aromatic N) is 5. The SMILES string of the molecule is Cc1nc(NCc2cnn(Cc3cc(F)c(F)c(F)c3)c2)nc2c1NC(=O)[C@H](C(C)(C)O)N2C. The van der Waals surface area contributed by atoms with Crippen molar-refractivity contribution in [3.63, 3.8) is 0 Å². The Bertz CT molecular complexity index is 1230. The van der Waals surface area contributed by atoms with E-state index >= 15 is 0 Å². The third-order valence-corrected chi connectivity index (χ3v) is 5.48. The van der Waals surface area contributed by atoms with E-state index in [1.54, 1.807) is 45.1 Å². The number of carbonyl (C=O) groups excluding carboxylic acids is 1. The first kappa shape index (κ1) is 23.5. The molecule has 0 bridgehead atoms. The lowest BCUT2D eigenvalue weighted by Gasteiger charge is -2.40. The molecule has 4 rings (SSSR count). The number of aryl methyl sites for hydroxylation is 1. The van der Waals surface area contributed by atoms with Crippen LogP contribution < -0.4 is 15.5 Å². The van der Waals surface area contributed by atoms with Crippen LogP contribution in [-0.2, 0) is 17.9 Å². The Hall–Kier alpha value is -3.67. The molecular formula is C22H24F3N7O2. The van der Waals surface area contributed by atoms with Crippen LogP contribution in [0.5, 0.6) is 0 Å². The van der Waals surface area contributed by atoms with Gasteiger partial charge in [0, 0.05) is 25.4 Å². The van der Waals surface area contributed by atoms with Crippen LogP contribution >= 0.6 is 0 Å². The second-order valence-corrected chi connectivity index (χ2v) is 8.76. The molecule has 1 aliphatic rings. The van der Waals surface area contributed by atoms with Gasteiger partial charge in [-0.25, -0.2) is 18.2 Å². The van der Waals surface area contributed by atoms with Gasteiger partial charge in [0.1, 0.15) is 11.7 Å². The Morgan fingerprint density at radius 2 is 1.85 bits per heavy atom. The van der Waals surface area contributed by atoms with Crippen LogP contribution in [0.15, 0.2) is 24.5 Å². The number of hydrogen-bond acceptors (Lipinski definition) is 7. The fraction of sp³-hybridized carbons (Fsp3) is 0.364. The number of aromatic nitrogens is 4. The van der Waals surface area contributed by atoms with Crippen molar-refractivity contribution >= 4 is 23.4 Å². The molecule has 1 amide bonds. The van der Waals surface area contributed by atoms with Crippen molar-refractivity contribution in [3.8, 4) is 0 Å². The number of carbonyl (C=O) groups is 1. The van der Waals surface area contributed by atoms with Crippen LogP contribution in [-0.4, -0.2) is 49.5 Å². The highest BCUT2D eigenvalue weighted by molar-refractivity contribution is 6.04. The molecule has 1 aromatic carbocycles. The molecule has 1 aliphatic heterocycles. The molecule has 0 aliphatic carbocycles. The van der Waals surface area contributed by atoms with Crippen LogP contribution in [0.4, 0.5) is 30.6 Å². The van der Waals surface area contributed by atoms with Crippen molar-refractivity contribution in [1.82, 2.24) is 19.7 Å². The highest BCUT2D eigenvalue weighted by Crippen LogP contribution is 2.35. The van der Waals surface area contributed by atoms with Gasteiger partial charge in [0.25, 0.3) is 0 Å². The Morgan fingerprint density at radius 3 is 2.50 bits per heavy atom. The Morgan fingerprint density at radius 1 is 1.18 bits per heavy atom. The van der Waals surface area contributed by atoms with Crippen LogP contribution in [0.1, 0.15) is 30.7 Å². The molecule has 0 spiro atoms. The second kappa shape index (κ2) is 8.60. The molecule has 0 saturated carbocycles. The molecule has 12 heteroatoms. The average molecular weight is 475 g/mol. The smallest absolute Gasteiger partial charge is 0.250 e. The van der Waals surface area contributed by atoms with E-state index in [0.717, 1.165) is 17.7 Å². The van der Waals surface area contributed by atoms with Gasteiger partial charge in [-0.05, 0) is 38.5 Å². The molecule has 0 radical (unpaired) electrons. The predicted octanol–water partition coefficient (Wildman–Crippen LogP) is 2.59. The van der Waals surface area contributed by atoms with E-state index < -0.39 is 29.1 Å². The van der Waals surface area contributed by atoms with Crippen molar-refractivity contribution in [2.75, 3.05) is 22.6 Å². The molecule has 180 valence electrons. The van der Waals surface area contributed by atoms with Gasteiger partial charge in [0.05, 0.1) is 24.0 Å². The Kier molecular flexibility index (Phi) is 5.94. The molecule has 1 atom stereocenters. The van der Waals surface area contributed by atoms with Crippen molar-refractivity contribution in [3.05, 3.63) is 58.8 Å². The van der Waals surface area contributed by atoms with E-state index in [0.29, 0.717) is 29.7 Å². The molecule has 2 aromatic heterocycles. The van der Waals surface area contributed by atoms with Gasteiger partial charge in [-0.1, -0.05) is 0 Å². The molecule has 0 unspecified atom stereocenters. The zero-order valence-corrected chi connectivity index (χ0v) is 19.0. The minimum Gasteiger partial charge on any atom is -0.388 e. The highest BCUT2D eigenvalue weighted by atomic mass is 19.2. The number of rotatable bonds is 6. The number of fused-ring (bicyclic) bond motifs is 1. The average Bonchev–Trinajstić information content (AvgIpc) is 3.17. The first-order valence-electron chi connectivity index (χ1n) is 10.5. The number of halogens is 3. The molecule has 9 nitrogen and oxygen atoms in total. The standard InChI is InChI=1S/C22H24F3N7O2/c1-11-17-19(31(4)18(20(33)29-17)22(2,3)34)30-21(28-11)26-7-13-8-27-32(10-13)9-12-5-14(23)16(25)15(24)6-12/h5-6,8,10,18,34H,7,9H2,1-4H3,(H,29,33)(H,26,28,30)/t18-/m1/s1. The van der Waals surface area contributed by atoms with Crippen molar-refractivity contribution in [2.45, 2.75) is 45.5 Å². The summed E-state index contributed by atoms with van der Waals surface area (Å²) in [5.74, 6) is -3.58. The third-order valence-electron chi connectivity index (χ3n) is 5.48. The monoisotopic (exact) mass is 475 g/mol. The summed E-state index contributed by atoms with van der Waals surface area (Å²) in [5.41, 5.74) is 0.716.